The van der Waals surface area contributed by atoms with Crippen LogP contribution in [0.1, 0.15) is 65.5 Å². The van der Waals surface area contributed by atoms with Crippen molar-refractivity contribution in [3.63, 3.8) is 0 Å². The molecule has 0 unspecified atom stereocenters. The third kappa shape index (κ3) is 6.27. The highest BCUT2D eigenvalue weighted by Crippen LogP contribution is 2.43. The van der Waals surface area contributed by atoms with Gasteiger partial charge in [-0.3, -0.25) is 0 Å². The first-order chi connectivity index (χ1) is 19.1. The molecule has 3 heterocycles. The number of likely N-dealkylation sites (N-methyl/N-ethyl adjacent to an activating group) is 1. The Kier molecular flexibility index (Phi) is 8.38. The largest absolute Gasteiger partial charge is 0.401 e. The van der Waals surface area contributed by atoms with Crippen LogP contribution in [0.2, 0.25) is 18.1 Å². The number of nitrogens with zero attached hydrogens (tertiary/aromatic N) is 4. The van der Waals surface area contributed by atoms with Crippen LogP contribution in [0, 0.1) is 11.8 Å². The fourth-order valence-corrected chi connectivity index (χ4v) is 7.24. The summed E-state index contributed by atoms with van der Waals surface area (Å²) in [5.74, 6) is 8.17. The van der Waals surface area contributed by atoms with Gasteiger partial charge in [0.05, 0.1) is 5.69 Å². The topological polar surface area (TPSA) is 41.5 Å². The van der Waals surface area contributed by atoms with Crippen LogP contribution in [0.3, 0.4) is 0 Å². The average molecular weight is 555 g/mol. The van der Waals surface area contributed by atoms with Gasteiger partial charge in [-0.15, -0.1) is 0 Å². The van der Waals surface area contributed by atoms with Crippen molar-refractivity contribution in [2.45, 2.75) is 83.5 Å². The summed E-state index contributed by atoms with van der Waals surface area (Å²) in [5.41, 5.74) is 2.45. The number of hydrogen-bond acceptors (Lipinski definition) is 5. The zero-order valence-electron chi connectivity index (χ0n) is 25.4. The lowest BCUT2D eigenvalue weighted by atomic mass is 9.85. The predicted molar refractivity (Wildman–Crippen MR) is 170 cm³/mol. The maximum Gasteiger partial charge on any atom is 0.194 e. The van der Waals surface area contributed by atoms with Crippen LogP contribution in [0.5, 0.6) is 0 Å². The lowest BCUT2D eigenvalue weighted by Crippen LogP contribution is -2.50. The maximum atomic E-state index is 7.03. The molecule has 0 bridgehead atoms. The first-order valence-corrected chi connectivity index (χ1v) is 18.1. The molecular formula is C34H46N4OSi. The predicted octanol–water partition coefficient (Wildman–Crippen LogP) is 7.51. The van der Waals surface area contributed by atoms with E-state index in [9.17, 15) is 0 Å². The number of hydrogen-bond donors (Lipinski definition) is 0. The smallest absolute Gasteiger partial charge is 0.194 e. The zero-order valence-corrected chi connectivity index (χ0v) is 26.4. The summed E-state index contributed by atoms with van der Waals surface area (Å²) < 4.78 is 7.03. The van der Waals surface area contributed by atoms with Crippen molar-refractivity contribution in [1.29, 1.82) is 0 Å². The van der Waals surface area contributed by atoms with E-state index in [-0.39, 0.29) is 10.6 Å². The number of aromatic nitrogens is 2. The summed E-state index contributed by atoms with van der Waals surface area (Å²) in [5, 5.41) is 2.58. The first kappa shape index (κ1) is 28.8. The SMILES string of the molecule is CCN1CCN(c2nc(-c3ccnc(C#CC4(O[Si](C)(C)C(C)(C)C)CCCCC4)c3)cc3ccccc23)CC1. The van der Waals surface area contributed by atoms with Crippen molar-refractivity contribution in [1.82, 2.24) is 14.9 Å². The third-order valence-electron chi connectivity index (χ3n) is 9.23. The third-order valence-corrected chi connectivity index (χ3v) is 13.7. The number of fused-ring (bicyclic) bond motifs is 1. The number of benzene rings is 1. The minimum absolute atomic E-state index is 0.153. The van der Waals surface area contributed by atoms with Crippen LogP contribution < -0.4 is 4.90 Å². The molecular weight excluding hydrogens is 508 g/mol. The van der Waals surface area contributed by atoms with E-state index >= 15 is 0 Å². The van der Waals surface area contributed by atoms with Gasteiger partial charge in [0.2, 0.25) is 0 Å². The maximum absolute atomic E-state index is 7.03. The summed E-state index contributed by atoms with van der Waals surface area (Å²) in [6.45, 7) is 19.1. The van der Waals surface area contributed by atoms with E-state index in [4.69, 9.17) is 9.41 Å². The second-order valence-electron chi connectivity index (χ2n) is 13.1. The van der Waals surface area contributed by atoms with Gasteiger partial charge < -0.3 is 14.2 Å². The van der Waals surface area contributed by atoms with Gasteiger partial charge in [-0.1, -0.05) is 64.3 Å². The van der Waals surface area contributed by atoms with Gasteiger partial charge in [-0.2, -0.15) is 0 Å². The molecule has 0 atom stereocenters. The van der Waals surface area contributed by atoms with Gasteiger partial charge in [-0.05, 0) is 79.9 Å². The highest BCUT2D eigenvalue weighted by Gasteiger charge is 2.44. The molecule has 0 amide bonds. The molecule has 1 saturated carbocycles. The quantitative estimate of drug-likeness (QED) is 0.241. The van der Waals surface area contributed by atoms with E-state index in [0.29, 0.717) is 0 Å². The van der Waals surface area contributed by atoms with Gasteiger partial charge >= 0.3 is 0 Å². The van der Waals surface area contributed by atoms with Gasteiger partial charge in [0.25, 0.3) is 0 Å². The van der Waals surface area contributed by atoms with E-state index < -0.39 is 8.32 Å². The summed E-state index contributed by atoms with van der Waals surface area (Å²) in [6.07, 6.45) is 7.50. The monoisotopic (exact) mass is 554 g/mol. The fourth-order valence-electron chi connectivity index (χ4n) is 5.70. The highest BCUT2D eigenvalue weighted by atomic mass is 28.4. The second kappa shape index (κ2) is 11.6. The lowest BCUT2D eigenvalue weighted by molar-refractivity contribution is 0.0718. The van der Waals surface area contributed by atoms with Crippen LogP contribution in [-0.4, -0.2) is 61.5 Å². The summed E-state index contributed by atoms with van der Waals surface area (Å²) in [6, 6.07) is 15.0. The molecule has 3 aromatic rings. The number of rotatable bonds is 5. The van der Waals surface area contributed by atoms with E-state index in [0.717, 1.165) is 68.3 Å². The normalized spacial score (nSPS) is 18.4. The van der Waals surface area contributed by atoms with E-state index in [2.05, 4.69) is 110 Å². The molecule has 1 aliphatic heterocycles. The molecule has 40 heavy (non-hydrogen) atoms. The van der Waals surface area contributed by atoms with Gasteiger partial charge in [0.15, 0.2) is 8.32 Å². The first-order valence-electron chi connectivity index (χ1n) is 15.2. The van der Waals surface area contributed by atoms with E-state index in [1.54, 1.807) is 0 Å². The Morgan fingerprint density at radius 3 is 2.40 bits per heavy atom. The second-order valence-corrected chi connectivity index (χ2v) is 17.8. The number of piperazine rings is 1. The minimum Gasteiger partial charge on any atom is -0.401 e. The fraction of sp³-hybridized carbons (Fsp3) is 0.529. The van der Waals surface area contributed by atoms with Gasteiger partial charge in [0.1, 0.15) is 17.1 Å². The molecule has 6 heteroatoms. The molecule has 1 aliphatic carbocycles. The molecule has 0 radical (unpaired) electrons. The highest BCUT2D eigenvalue weighted by molar-refractivity contribution is 6.74. The Morgan fingerprint density at radius 2 is 1.70 bits per heavy atom. The number of pyridine rings is 2. The molecule has 5 nitrogen and oxygen atoms in total. The molecule has 2 fully saturated rings. The van der Waals surface area contributed by atoms with E-state index in [1.807, 2.05) is 6.20 Å². The molecule has 0 spiro atoms. The zero-order chi connectivity index (χ0) is 28.4. The molecule has 2 aromatic heterocycles. The van der Waals surface area contributed by atoms with Crippen molar-refractivity contribution in [2.75, 3.05) is 37.6 Å². The van der Waals surface area contributed by atoms with Crippen LogP contribution in [0.25, 0.3) is 22.0 Å². The molecule has 1 aromatic carbocycles. The van der Waals surface area contributed by atoms with Crippen molar-refractivity contribution in [3.8, 4) is 23.1 Å². The summed E-state index contributed by atoms with van der Waals surface area (Å²) in [7, 11) is -1.96. The standard InChI is InChI=1S/C34H46N4OSi/c1-7-37-21-23-38(24-22-37)32-30-14-10-9-13-27(30)26-31(36-32)28-16-20-35-29(25-28)15-19-34(17-11-8-12-18-34)39-40(5,6)33(2,3)4/h9-10,13-14,16,20,25-26H,7-8,11-12,17-18,21-24H2,1-6H3. The minimum atomic E-state index is -1.96. The molecule has 2 aliphatic rings. The Morgan fingerprint density at radius 1 is 0.975 bits per heavy atom. The van der Waals surface area contributed by atoms with Crippen molar-refractivity contribution < 1.29 is 4.43 Å². The Hall–Kier alpha value is -2.72. The molecule has 212 valence electrons. The van der Waals surface area contributed by atoms with Crippen LogP contribution in [0.4, 0.5) is 5.82 Å². The van der Waals surface area contributed by atoms with Crippen LogP contribution in [0.15, 0.2) is 48.7 Å². The molecule has 1 saturated heterocycles. The van der Waals surface area contributed by atoms with Crippen molar-refractivity contribution in [2.24, 2.45) is 0 Å². The average Bonchev–Trinajstić information content (AvgIpc) is 2.95. The van der Waals surface area contributed by atoms with Crippen molar-refractivity contribution >= 4 is 24.9 Å². The summed E-state index contributed by atoms with van der Waals surface area (Å²) >= 11 is 0. The molecule has 0 N–H and O–H groups in total. The molecule has 5 rings (SSSR count). The van der Waals surface area contributed by atoms with Gasteiger partial charge in [-0.25, -0.2) is 9.97 Å². The van der Waals surface area contributed by atoms with Gasteiger partial charge in [0, 0.05) is 43.3 Å². The number of anilines is 1. The van der Waals surface area contributed by atoms with Crippen LogP contribution >= 0.6 is 0 Å². The van der Waals surface area contributed by atoms with Crippen LogP contribution in [-0.2, 0) is 4.43 Å². The summed E-state index contributed by atoms with van der Waals surface area (Å²) in [4.78, 5) is 14.8. The van der Waals surface area contributed by atoms with Crippen molar-refractivity contribution in [3.05, 3.63) is 54.4 Å². The van der Waals surface area contributed by atoms with E-state index in [1.165, 1.54) is 30.0 Å². The Balaban J connectivity index is 1.48. The Bertz CT molecular complexity index is 1390. The lowest BCUT2D eigenvalue weighted by Gasteiger charge is -2.45. The Labute approximate surface area is 242 Å².